The molecule has 0 unspecified atom stereocenters. The zero-order valence-electron chi connectivity index (χ0n) is 22.9. The molecule has 0 spiro atoms. The molecule has 2 aromatic rings. The Bertz CT molecular complexity index is 1050. The first-order valence-corrected chi connectivity index (χ1v) is 14.2. The second-order valence-electron chi connectivity index (χ2n) is 11.2. The summed E-state index contributed by atoms with van der Waals surface area (Å²) in [5.74, 6) is 0.799. The average Bonchev–Trinajstić information content (AvgIpc) is 3.56. The van der Waals surface area contributed by atoms with Gasteiger partial charge in [0.2, 0.25) is 10.0 Å². The largest absolute Gasteiger partial charge is 0.393 e. The monoisotopic (exact) mass is 548 g/mol. The van der Waals surface area contributed by atoms with E-state index in [-0.39, 0.29) is 39.7 Å². The third-order valence-corrected chi connectivity index (χ3v) is 8.25. The lowest BCUT2D eigenvalue weighted by Gasteiger charge is -2.22. The Balaban J connectivity index is 0. The molecule has 0 heterocycles. The van der Waals surface area contributed by atoms with E-state index in [1.54, 1.807) is 0 Å². The van der Waals surface area contributed by atoms with Gasteiger partial charge < -0.3 is 4.84 Å². The Morgan fingerprint density at radius 1 is 0.789 bits per heavy atom. The summed E-state index contributed by atoms with van der Waals surface area (Å²) in [5, 5.41) is 4.23. The van der Waals surface area contributed by atoms with Crippen molar-refractivity contribution in [1.29, 1.82) is 0 Å². The number of benzene rings is 2. The van der Waals surface area contributed by atoms with Crippen molar-refractivity contribution in [3.8, 4) is 11.1 Å². The van der Waals surface area contributed by atoms with Crippen molar-refractivity contribution in [3.63, 3.8) is 0 Å². The van der Waals surface area contributed by atoms with Crippen LogP contribution in [-0.2, 0) is 14.9 Å². The highest BCUT2D eigenvalue weighted by Crippen LogP contribution is 2.36. The van der Waals surface area contributed by atoms with E-state index in [4.69, 9.17) is 4.84 Å². The van der Waals surface area contributed by atoms with Gasteiger partial charge >= 0.3 is 0 Å². The Hall–Kier alpha value is -2.18. The molecule has 1 saturated carbocycles. The quantitative estimate of drug-likeness (QED) is 0.324. The van der Waals surface area contributed by atoms with Crippen LogP contribution in [0.3, 0.4) is 0 Å². The molecule has 0 atom stereocenters. The number of rotatable bonds is 5. The van der Waals surface area contributed by atoms with Crippen LogP contribution in [0.15, 0.2) is 53.7 Å². The van der Waals surface area contributed by atoms with Crippen LogP contribution in [0.25, 0.3) is 11.1 Å². The zero-order chi connectivity index (χ0) is 26.4. The topological polar surface area (TPSA) is 67.8 Å². The standard InChI is InChI=1S/C16H15NO.C7H16.C6H13NO2S.3CH4/c1-11(2)18-17-16-14-9-5-3-7-12(14)13-8-4-6-10-15(13)16;1-6(2)7(3,4)5;1-5(2)7-10(8,9)6-3-4-6;;;/h3-11H,1-2H3;6H,1-5H3;5-7H,3-4H2,1-2H3;3*1H4. The van der Waals surface area contributed by atoms with Crippen LogP contribution in [0.5, 0.6) is 0 Å². The van der Waals surface area contributed by atoms with Crippen molar-refractivity contribution < 1.29 is 13.3 Å². The summed E-state index contributed by atoms with van der Waals surface area (Å²) in [4.78, 5) is 5.43. The lowest BCUT2D eigenvalue weighted by molar-refractivity contribution is 0.0863. The van der Waals surface area contributed by atoms with Gasteiger partial charge in [-0.1, -0.05) is 111 Å². The molecule has 38 heavy (non-hydrogen) atoms. The molecule has 1 N–H and O–H groups in total. The van der Waals surface area contributed by atoms with Crippen molar-refractivity contribution in [1.82, 2.24) is 4.72 Å². The number of sulfonamides is 1. The molecule has 0 bridgehead atoms. The normalized spacial score (nSPS) is 13.4. The van der Waals surface area contributed by atoms with Crippen molar-refractivity contribution in [3.05, 3.63) is 59.7 Å². The maximum absolute atomic E-state index is 11.1. The first kappa shape index (κ1) is 38.0. The van der Waals surface area contributed by atoms with Gasteiger partial charge in [0.05, 0.1) is 5.25 Å². The molecule has 4 rings (SSSR count). The SMILES string of the molecule is C.C.C.CC(C)C(C)(C)C.CC(C)NS(=O)(=O)C1CC1.CC(C)ON=C1c2ccccc2-c2ccccc21. The molecule has 0 aliphatic heterocycles. The molecule has 0 amide bonds. The number of fused-ring (bicyclic) bond motifs is 3. The van der Waals surface area contributed by atoms with Crippen LogP contribution in [0, 0.1) is 11.3 Å². The maximum atomic E-state index is 11.1. The molecule has 0 radical (unpaired) electrons. The van der Waals surface area contributed by atoms with Gasteiger partial charge in [-0.15, -0.1) is 0 Å². The van der Waals surface area contributed by atoms with Crippen LogP contribution < -0.4 is 4.72 Å². The minimum atomic E-state index is -2.94. The summed E-state index contributed by atoms with van der Waals surface area (Å²) in [7, 11) is -2.94. The fraction of sp³-hybridized carbons (Fsp3) is 0.594. The van der Waals surface area contributed by atoms with Crippen molar-refractivity contribution >= 4 is 15.7 Å². The van der Waals surface area contributed by atoms with E-state index in [1.807, 2.05) is 39.8 Å². The van der Waals surface area contributed by atoms with Gasteiger partial charge in [0.1, 0.15) is 11.8 Å². The Labute approximate surface area is 235 Å². The molecular weight excluding hydrogens is 492 g/mol. The molecule has 2 aliphatic rings. The summed E-state index contributed by atoms with van der Waals surface area (Å²) in [6.07, 6.45) is 1.77. The average molecular weight is 549 g/mol. The van der Waals surface area contributed by atoms with Crippen LogP contribution in [0.1, 0.15) is 109 Å². The number of nitrogens with zero attached hydrogens (tertiary/aromatic N) is 1. The minimum Gasteiger partial charge on any atom is -0.393 e. The predicted molar refractivity (Wildman–Crippen MR) is 168 cm³/mol. The van der Waals surface area contributed by atoms with Crippen LogP contribution >= 0.6 is 0 Å². The number of hydrogen-bond donors (Lipinski definition) is 1. The minimum absolute atomic E-state index is 0. The number of nitrogens with one attached hydrogen (secondary N) is 1. The molecule has 5 nitrogen and oxygen atoms in total. The molecule has 2 aliphatic carbocycles. The zero-order valence-corrected chi connectivity index (χ0v) is 23.7. The Kier molecular flexibility index (Phi) is 16.0. The van der Waals surface area contributed by atoms with Crippen molar-refractivity contribution in [2.75, 3.05) is 0 Å². The predicted octanol–water partition coefficient (Wildman–Crippen LogP) is 8.92. The van der Waals surface area contributed by atoms with Gasteiger partial charge in [-0.2, -0.15) is 0 Å². The summed E-state index contributed by atoms with van der Waals surface area (Å²) < 4.78 is 24.7. The maximum Gasteiger partial charge on any atom is 0.214 e. The molecule has 1 fully saturated rings. The summed E-state index contributed by atoms with van der Waals surface area (Å²) in [5.41, 5.74) is 6.21. The van der Waals surface area contributed by atoms with Crippen molar-refractivity contribution in [2.24, 2.45) is 16.5 Å². The summed E-state index contributed by atoms with van der Waals surface area (Å²) >= 11 is 0. The fourth-order valence-corrected chi connectivity index (χ4v) is 4.66. The van der Waals surface area contributed by atoms with Gasteiger partial charge in [-0.3, -0.25) is 0 Å². The van der Waals surface area contributed by atoms with E-state index in [2.05, 4.69) is 80.9 Å². The van der Waals surface area contributed by atoms with E-state index in [0.29, 0.717) is 5.41 Å². The highest BCUT2D eigenvalue weighted by Gasteiger charge is 2.35. The highest BCUT2D eigenvalue weighted by atomic mass is 32.2. The third-order valence-electron chi connectivity index (χ3n) is 6.10. The second-order valence-corrected chi connectivity index (χ2v) is 13.2. The van der Waals surface area contributed by atoms with E-state index in [1.165, 1.54) is 11.1 Å². The molecular formula is C32H56N2O3S. The van der Waals surface area contributed by atoms with Crippen LogP contribution in [-0.4, -0.2) is 31.5 Å². The highest BCUT2D eigenvalue weighted by molar-refractivity contribution is 7.90. The second kappa shape index (κ2) is 16.0. The lowest BCUT2D eigenvalue weighted by Crippen LogP contribution is -2.32. The van der Waals surface area contributed by atoms with Gasteiger partial charge in [0, 0.05) is 17.2 Å². The Morgan fingerprint density at radius 3 is 1.45 bits per heavy atom. The van der Waals surface area contributed by atoms with E-state index >= 15 is 0 Å². The molecule has 0 saturated heterocycles. The molecule has 218 valence electrons. The molecule has 6 heteroatoms. The first-order valence-electron chi connectivity index (χ1n) is 12.7. The Morgan fingerprint density at radius 2 is 1.16 bits per heavy atom. The van der Waals surface area contributed by atoms with Gasteiger partial charge in [0.25, 0.3) is 0 Å². The smallest absolute Gasteiger partial charge is 0.214 e. The molecule has 0 aromatic heterocycles. The lowest BCUT2D eigenvalue weighted by atomic mass is 9.84. The fourth-order valence-electron chi connectivity index (χ4n) is 3.05. The number of hydrogen-bond acceptors (Lipinski definition) is 4. The van der Waals surface area contributed by atoms with Crippen LogP contribution in [0.4, 0.5) is 0 Å². The van der Waals surface area contributed by atoms with Crippen molar-refractivity contribution in [2.45, 2.75) is 115 Å². The van der Waals surface area contributed by atoms with E-state index < -0.39 is 10.0 Å². The van der Waals surface area contributed by atoms with E-state index in [9.17, 15) is 8.42 Å². The summed E-state index contributed by atoms with van der Waals surface area (Å²) in [6, 6.07) is 16.7. The van der Waals surface area contributed by atoms with Gasteiger partial charge in [0.15, 0.2) is 0 Å². The van der Waals surface area contributed by atoms with Crippen LogP contribution in [0.2, 0.25) is 0 Å². The van der Waals surface area contributed by atoms with E-state index in [0.717, 1.165) is 35.6 Å². The molecule has 2 aromatic carbocycles. The van der Waals surface area contributed by atoms with Gasteiger partial charge in [-0.25, -0.2) is 13.1 Å². The number of oxime groups is 1. The summed E-state index contributed by atoms with van der Waals surface area (Å²) in [6.45, 7) is 18.9. The van der Waals surface area contributed by atoms with Gasteiger partial charge in [-0.05, 0) is 63.0 Å². The third kappa shape index (κ3) is 11.3. The first-order chi connectivity index (χ1) is 16.2.